The summed E-state index contributed by atoms with van der Waals surface area (Å²) < 4.78 is 59.4. The maximum Gasteiger partial charge on any atom is 0.418 e. The minimum atomic E-state index is -4.79. The van der Waals surface area contributed by atoms with Crippen molar-refractivity contribution < 1.29 is 41.5 Å². The van der Waals surface area contributed by atoms with Crippen LogP contribution in [-0.4, -0.2) is 59.5 Å². The summed E-state index contributed by atoms with van der Waals surface area (Å²) in [5.74, 6) is -2.59. The molecule has 2 aromatic carbocycles. The van der Waals surface area contributed by atoms with E-state index < -0.39 is 60.7 Å². The van der Waals surface area contributed by atoms with Gasteiger partial charge in [-0.1, -0.05) is 18.2 Å². The van der Waals surface area contributed by atoms with E-state index in [9.17, 15) is 36.7 Å². The number of hydrogen-bond acceptors (Lipinski definition) is 5. The fraction of sp³-hybridized carbons (Fsp3) is 0.360. The molecule has 1 fully saturated rings. The van der Waals surface area contributed by atoms with Crippen LogP contribution in [0.15, 0.2) is 42.5 Å². The van der Waals surface area contributed by atoms with E-state index in [1.165, 1.54) is 31.3 Å². The van der Waals surface area contributed by atoms with Crippen LogP contribution in [0.1, 0.15) is 30.0 Å². The van der Waals surface area contributed by atoms with E-state index in [0.29, 0.717) is 33.0 Å². The van der Waals surface area contributed by atoms with Crippen molar-refractivity contribution in [2.24, 2.45) is 0 Å². The van der Waals surface area contributed by atoms with Gasteiger partial charge < -0.3 is 20.3 Å². The summed E-state index contributed by atoms with van der Waals surface area (Å²) in [6, 6.07) is 6.55. The number of rotatable bonds is 6. The molecular formula is C25H24F4N4O5. The number of imide groups is 1. The van der Waals surface area contributed by atoms with Crippen molar-refractivity contribution in [3.05, 3.63) is 65.0 Å². The molecule has 9 nitrogen and oxygen atoms in total. The molecule has 2 aliphatic rings. The average molecular weight is 536 g/mol. The molecule has 1 aliphatic carbocycles. The van der Waals surface area contributed by atoms with Gasteiger partial charge in [-0.15, -0.1) is 0 Å². The maximum absolute atomic E-state index is 13.6. The van der Waals surface area contributed by atoms with E-state index in [-0.39, 0.29) is 12.0 Å². The number of nitrogens with one attached hydrogen (secondary N) is 2. The highest BCUT2D eigenvalue weighted by atomic mass is 19.4. The standard InChI is InChI=1S/C25H24F4N4O5/c1-14(25(27,28)29)32(12-15-3-5-17(26)6-4-15)20(34)13-33-21(35)24(38-23(33)37)10-9-16-11-18(7-8-19(16)24)31-22(36)30-2/h3-8,11,14H,9-10,12-13H2,1-2H3,(H2,30,31,36)/t14-,24-/m0/s1. The van der Waals surface area contributed by atoms with Crippen LogP contribution in [-0.2, 0) is 32.9 Å². The minimum Gasteiger partial charge on any atom is -0.427 e. The number of amides is 5. The summed E-state index contributed by atoms with van der Waals surface area (Å²) in [7, 11) is 1.44. The second-order valence-electron chi connectivity index (χ2n) is 9.03. The number of benzene rings is 2. The van der Waals surface area contributed by atoms with Crippen molar-refractivity contribution in [2.75, 3.05) is 18.9 Å². The number of nitrogens with zero attached hydrogens (tertiary/aromatic N) is 2. The number of anilines is 1. The Labute approximate surface area is 214 Å². The van der Waals surface area contributed by atoms with Crippen LogP contribution in [0.3, 0.4) is 0 Å². The first-order chi connectivity index (χ1) is 17.9. The van der Waals surface area contributed by atoms with Crippen LogP contribution < -0.4 is 10.6 Å². The molecule has 0 bridgehead atoms. The zero-order valence-electron chi connectivity index (χ0n) is 20.4. The van der Waals surface area contributed by atoms with Crippen LogP contribution in [0.4, 0.5) is 32.8 Å². The summed E-state index contributed by atoms with van der Waals surface area (Å²) in [5, 5.41) is 5.00. The van der Waals surface area contributed by atoms with Gasteiger partial charge in [0.2, 0.25) is 11.5 Å². The Morgan fingerprint density at radius 1 is 1.16 bits per heavy atom. The highest BCUT2D eigenvalue weighted by Crippen LogP contribution is 2.46. The summed E-state index contributed by atoms with van der Waals surface area (Å²) in [6.07, 6.45) is -5.55. The van der Waals surface area contributed by atoms with E-state index in [1.807, 2.05) is 0 Å². The summed E-state index contributed by atoms with van der Waals surface area (Å²) in [4.78, 5) is 51.8. The largest absolute Gasteiger partial charge is 0.427 e. The number of carbonyl (C=O) groups is 4. The van der Waals surface area contributed by atoms with Gasteiger partial charge in [-0.25, -0.2) is 18.9 Å². The number of alkyl halides is 3. The molecule has 1 aliphatic heterocycles. The number of carbonyl (C=O) groups excluding carboxylic acids is 4. The molecular weight excluding hydrogens is 512 g/mol. The quantitative estimate of drug-likeness (QED) is 0.548. The van der Waals surface area contributed by atoms with Crippen LogP contribution in [0.5, 0.6) is 0 Å². The van der Waals surface area contributed by atoms with Gasteiger partial charge in [-0.3, -0.25) is 9.59 Å². The maximum atomic E-state index is 13.6. The van der Waals surface area contributed by atoms with Crippen molar-refractivity contribution >= 4 is 29.6 Å². The molecule has 2 N–H and O–H groups in total. The SMILES string of the molecule is CNC(=O)Nc1ccc2c(c1)CC[C@]21OC(=O)N(CC(=O)N(Cc2ccc(F)cc2)[C@@H](C)C(F)(F)F)C1=O. The summed E-state index contributed by atoms with van der Waals surface area (Å²) >= 11 is 0. The molecule has 5 amide bonds. The molecule has 13 heteroatoms. The molecule has 2 atom stereocenters. The first kappa shape index (κ1) is 26.9. The van der Waals surface area contributed by atoms with Gasteiger partial charge >= 0.3 is 18.3 Å². The summed E-state index contributed by atoms with van der Waals surface area (Å²) in [6.45, 7) is -0.705. The second kappa shape index (κ2) is 9.95. The molecule has 0 aromatic heterocycles. The molecule has 1 spiro atoms. The predicted octanol–water partition coefficient (Wildman–Crippen LogP) is 3.68. The van der Waals surface area contributed by atoms with Gasteiger partial charge in [0.1, 0.15) is 18.4 Å². The predicted molar refractivity (Wildman–Crippen MR) is 125 cm³/mol. The van der Waals surface area contributed by atoms with Crippen LogP contribution in [0.25, 0.3) is 0 Å². The van der Waals surface area contributed by atoms with E-state index in [1.54, 1.807) is 6.07 Å². The van der Waals surface area contributed by atoms with Crippen LogP contribution in [0, 0.1) is 5.82 Å². The Morgan fingerprint density at radius 3 is 2.47 bits per heavy atom. The molecule has 4 rings (SSSR count). The molecule has 0 radical (unpaired) electrons. The normalized spacial score (nSPS) is 19.3. The third-order valence-electron chi connectivity index (χ3n) is 6.67. The molecule has 2 aromatic rings. The van der Waals surface area contributed by atoms with Gasteiger partial charge in [0.15, 0.2) is 0 Å². The Kier molecular flexibility index (Phi) is 7.04. The topological polar surface area (TPSA) is 108 Å². The van der Waals surface area contributed by atoms with Crippen molar-refractivity contribution in [3.63, 3.8) is 0 Å². The van der Waals surface area contributed by atoms with Gasteiger partial charge in [-0.2, -0.15) is 13.2 Å². The lowest BCUT2D eigenvalue weighted by molar-refractivity contribution is -0.187. The number of fused-ring (bicyclic) bond motifs is 2. The number of ether oxygens (including phenoxy) is 1. The number of urea groups is 1. The highest BCUT2D eigenvalue weighted by Gasteiger charge is 2.58. The van der Waals surface area contributed by atoms with E-state index >= 15 is 0 Å². The molecule has 202 valence electrons. The zero-order chi connectivity index (χ0) is 27.8. The first-order valence-corrected chi connectivity index (χ1v) is 11.6. The fourth-order valence-electron chi connectivity index (χ4n) is 4.55. The lowest BCUT2D eigenvalue weighted by Gasteiger charge is -2.31. The zero-order valence-corrected chi connectivity index (χ0v) is 20.4. The smallest absolute Gasteiger partial charge is 0.418 e. The molecule has 0 unspecified atom stereocenters. The third kappa shape index (κ3) is 5.00. The third-order valence-corrected chi connectivity index (χ3v) is 6.67. The molecule has 1 heterocycles. The van der Waals surface area contributed by atoms with E-state index in [4.69, 9.17) is 4.74 Å². The molecule has 0 saturated carbocycles. The van der Waals surface area contributed by atoms with Crippen molar-refractivity contribution in [3.8, 4) is 0 Å². The van der Waals surface area contributed by atoms with Crippen molar-refractivity contribution in [1.82, 2.24) is 15.1 Å². The highest BCUT2D eigenvalue weighted by molar-refractivity contribution is 6.06. The van der Waals surface area contributed by atoms with E-state index in [0.717, 1.165) is 19.1 Å². The lowest BCUT2D eigenvalue weighted by atomic mass is 9.94. The second-order valence-corrected chi connectivity index (χ2v) is 9.03. The van der Waals surface area contributed by atoms with Crippen molar-refractivity contribution in [2.45, 2.75) is 44.1 Å². The Hall–Kier alpha value is -4.16. The molecule has 1 saturated heterocycles. The first-order valence-electron chi connectivity index (χ1n) is 11.6. The van der Waals surface area contributed by atoms with Gasteiger partial charge in [-0.05, 0) is 48.7 Å². The van der Waals surface area contributed by atoms with Gasteiger partial charge in [0, 0.05) is 31.3 Å². The van der Waals surface area contributed by atoms with Crippen molar-refractivity contribution in [1.29, 1.82) is 0 Å². The molecule has 38 heavy (non-hydrogen) atoms. The number of halogens is 4. The monoisotopic (exact) mass is 536 g/mol. The lowest BCUT2D eigenvalue weighted by Crippen LogP contribution is -2.51. The Morgan fingerprint density at radius 2 is 1.84 bits per heavy atom. The van der Waals surface area contributed by atoms with E-state index in [2.05, 4.69) is 10.6 Å². The number of hydrogen-bond donors (Lipinski definition) is 2. The fourth-order valence-corrected chi connectivity index (χ4v) is 4.55. The Bertz CT molecular complexity index is 1280. The average Bonchev–Trinajstić information content (AvgIpc) is 3.34. The number of aryl methyl sites for hydroxylation is 1. The van der Waals surface area contributed by atoms with Crippen LogP contribution >= 0.6 is 0 Å². The van der Waals surface area contributed by atoms with Gasteiger partial charge in [0.25, 0.3) is 5.91 Å². The van der Waals surface area contributed by atoms with Crippen LogP contribution in [0.2, 0.25) is 0 Å². The minimum absolute atomic E-state index is 0.0687. The summed E-state index contributed by atoms with van der Waals surface area (Å²) in [5.41, 5.74) is -0.0256. The Balaban J connectivity index is 1.56. The van der Waals surface area contributed by atoms with Gasteiger partial charge in [0.05, 0.1) is 0 Å².